The highest BCUT2D eigenvalue weighted by Crippen LogP contribution is 2.41. The summed E-state index contributed by atoms with van der Waals surface area (Å²) in [5.41, 5.74) is 1.81. The first-order valence-electron chi connectivity index (χ1n) is 10.6. The molecule has 0 radical (unpaired) electrons. The molecule has 1 N–H and O–H groups in total. The van der Waals surface area contributed by atoms with E-state index in [4.69, 9.17) is 4.74 Å². The van der Waals surface area contributed by atoms with Gasteiger partial charge in [-0.3, -0.25) is 0 Å². The molecule has 3 heterocycles. The molecule has 2 unspecified atom stereocenters. The highest BCUT2D eigenvalue weighted by molar-refractivity contribution is 5.90. The number of hydrogen-bond donors (Lipinski definition) is 1. The molecule has 4 rings (SSSR count). The zero-order valence-corrected chi connectivity index (χ0v) is 17.8. The number of amides is 2. The van der Waals surface area contributed by atoms with Crippen molar-refractivity contribution in [3.63, 3.8) is 0 Å². The van der Waals surface area contributed by atoms with Crippen LogP contribution in [-0.2, 0) is 5.41 Å². The molecule has 7 nitrogen and oxygen atoms in total. The Balaban J connectivity index is 1.41. The number of anilines is 1. The third-order valence-corrected chi connectivity index (χ3v) is 6.01. The Morgan fingerprint density at radius 3 is 2.34 bits per heavy atom. The Morgan fingerprint density at radius 2 is 1.79 bits per heavy atom. The van der Waals surface area contributed by atoms with E-state index in [2.05, 4.69) is 47.5 Å². The van der Waals surface area contributed by atoms with Gasteiger partial charge in [0.25, 0.3) is 0 Å². The summed E-state index contributed by atoms with van der Waals surface area (Å²) in [6.07, 6.45) is 6.05. The maximum atomic E-state index is 13.0. The van der Waals surface area contributed by atoms with Crippen LogP contribution in [0.5, 0.6) is 5.75 Å². The molecule has 156 valence electrons. The maximum absolute atomic E-state index is 13.0. The van der Waals surface area contributed by atoms with Gasteiger partial charge in [-0.1, -0.05) is 26.0 Å². The maximum Gasteiger partial charge on any atom is 0.322 e. The molecule has 2 aliphatic heterocycles. The first-order valence-corrected chi connectivity index (χ1v) is 10.6. The van der Waals surface area contributed by atoms with E-state index in [0.29, 0.717) is 12.6 Å². The number of piperidine rings is 1. The minimum Gasteiger partial charge on any atom is -0.494 e. The van der Waals surface area contributed by atoms with Crippen molar-refractivity contribution in [3.8, 4) is 5.75 Å². The van der Waals surface area contributed by atoms with Gasteiger partial charge in [0.1, 0.15) is 5.75 Å². The number of benzene rings is 1. The number of fused-ring (bicyclic) bond motifs is 2. The van der Waals surface area contributed by atoms with Crippen LogP contribution in [0.3, 0.4) is 0 Å². The highest BCUT2D eigenvalue weighted by atomic mass is 16.5. The number of rotatable bonds is 4. The fourth-order valence-corrected chi connectivity index (χ4v) is 4.48. The van der Waals surface area contributed by atoms with Crippen LogP contribution in [0, 0.1) is 0 Å². The third kappa shape index (κ3) is 4.09. The normalized spacial score (nSPS) is 23.9. The lowest BCUT2D eigenvalue weighted by molar-refractivity contribution is 0.129. The van der Waals surface area contributed by atoms with E-state index in [1.165, 1.54) is 0 Å². The number of nitrogens with one attached hydrogen (secondary N) is 1. The minimum atomic E-state index is -0.00548. The fraction of sp³-hybridized carbons (Fsp3) is 0.591. The van der Waals surface area contributed by atoms with E-state index in [1.54, 1.807) is 0 Å². The van der Waals surface area contributed by atoms with Crippen molar-refractivity contribution in [2.45, 2.75) is 76.9 Å². The number of nitrogens with zero attached hydrogens (tertiary/aromatic N) is 4. The predicted molar refractivity (Wildman–Crippen MR) is 112 cm³/mol. The van der Waals surface area contributed by atoms with Gasteiger partial charge < -0.3 is 15.0 Å². The first kappa shape index (κ1) is 19.7. The molecule has 2 amide bonds. The van der Waals surface area contributed by atoms with Crippen LogP contribution in [0.25, 0.3) is 0 Å². The van der Waals surface area contributed by atoms with Crippen molar-refractivity contribution in [2.24, 2.45) is 0 Å². The molecular formula is C22H31N5O2. The predicted octanol–water partition coefficient (Wildman–Crippen LogP) is 4.37. The average Bonchev–Trinajstić information content (AvgIpc) is 3.27. The van der Waals surface area contributed by atoms with Crippen molar-refractivity contribution in [2.75, 3.05) is 11.9 Å². The SMILES string of the molecule is CCOc1ccc(NC(=O)N2C3CCC2CC(n2cc(C(C)(C)C)nn2)C3)cc1. The van der Waals surface area contributed by atoms with Crippen LogP contribution in [0.1, 0.15) is 65.1 Å². The van der Waals surface area contributed by atoms with E-state index in [9.17, 15) is 4.79 Å². The van der Waals surface area contributed by atoms with Crippen LogP contribution >= 0.6 is 0 Å². The average molecular weight is 398 g/mol. The minimum absolute atomic E-state index is 0.00443. The Bertz CT molecular complexity index is 841. The van der Waals surface area contributed by atoms with Gasteiger partial charge >= 0.3 is 6.03 Å². The summed E-state index contributed by atoms with van der Waals surface area (Å²) in [6.45, 7) is 9.04. The van der Waals surface area contributed by atoms with Gasteiger partial charge in [-0.15, -0.1) is 5.10 Å². The topological polar surface area (TPSA) is 72.3 Å². The van der Waals surface area contributed by atoms with Gasteiger partial charge in [0.05, 0.1) is 18.3 Å². The Kier molecular flexibility index (Phi) is 5.23. The lowest BCUT2D eigenvalue weighted by Crippen LogP contribution is -2.48. The van der Waals surface area contributed by atoms with Gasteiger partial charge in [0.15, 0.2) is 0 Å². The van der Waals surface area contributed by atoms with E-state index in [-0.39, 0.29) is 23.5 Å². The van der Waals surface area contributed by atoms with E-state index in [1.807, 2.05) is 35.9 Å². The number of urea groups is 1. The van der Waals surface area contributed by atoms with Crippen molar-refractivity contribution in [3.05, 3.63) is 36.2 Å². The molecule has 2 atom stereocenters. The number of ether oxygens (including phenoxy) is 1. The summed E-state index contributed by atoms with van der Waals surface area (Å²) < 4.78 is 7.49. The Morgan fingerprint density at radius 1 is 1.14 bits per heavy atom. The summed E-state index contributed by atoms with van der Waals surface area (Å²) >= 11 is 0. The smallest absolute Gasteiger partial charge is 0.322 e. The van der Waals surface area contributed by atoms with Crippen molar-refractivity contribution in [1.29, 1.82) is 0 Å². The third-order valence-electron chi connectivity index (χ3n) is 6.01. The van der Waals surface area contributed by atoms with Crippen LogP contribution in [0.15, 0.2) is 30.5 Å². The summed E-state index contributed by atoms with van der Waals surface area (Å²) in [5, 5.41) is 11.8. The van der Waals surface area contributed by atoms with Gasteiger partial charge in [-0.25, -0.2) is 9.48 Å². The number of carbonyl (C=O) groups is 1. The summed E-state index contributed by atoms with van der Waals surface area (Å²) in [7, 11) is 0. The van der Waals surface area contributed by atoms with E-state index >= 15 is 0 Å². The second-order valence-electron chi connectivity index (χ2n) is 9.14. The molecule has 29 heavy (non-hydrogen) atoms. The molecule has 0 aliphatic carbocycles. The molecule has 2 aliphatic rings. The molecule has 7 heteroatoms. The zero-order chi connectivity index (χ0) is 20.6. The van der Waals surface area contributed by atoms with Gasteiger partial charge in [-0.05, 0) is 56.9 Å². The van der Waals surface area contributed by atoms with Crippen LogP contribution in [0.2, 0.25) is 0 Å². The van der Waals surface area contributed by atoms with Crippen molar-refractivity contribution < 1.29 is 9.53 Å². The summed E-state index contributed by atoms with van der Waals surface area (Å²) in [6, 6.07) is 8.36. The van der Waals surface area contributed by atoms with Crippen LogP contribution < -0.4 is 10.1 Å². The van der Waals surface area contributed by atoms with Crippen LogP contribution in [-0.4, -0.2) is 44.6 Å². The molecule has 2 bridgehead atoms. The zero-order valence-electron chi connectivity index (χ0n) is 17.8. The largest absolute Gasteiger partial charge is 0.494 e. The van der Waals surface area contributed by atoms with Gasteiger partial charge in [-0.2, -0.15) is 0 Å². The Hall–Kier alpha value is -2.57. The summed E-state index contributed by atoms with van der Waals surface area (Å²) in [5.74, 6) is 0.814. The molecular weight excluding hydrogens is 366 g/mol. The molecule has 2 aromatic rings. The second-order valence-corrected chi connectivity index (χ2v) is 9.14. The summed E-state index contributed by atoms with van der Waals surface area (Å²) in [4.78, 5) is 15.0. The monoisotopic (exact) mass is 397 g/mol. The Labute approximate surface area is 172 Å². The number of aromatic nitrogens is 3. The molecule has 0 spiro atoms. The van der Waals surface area contributed by atoms with Gasteiger partial charge in [0.2, 0.25) is 0 Å². The fourth-order valence-electron chi connectivity index (χ4n) is 4.48. The quantitative estimate of drug-likeness (QED) is 0.831. The van der Waals surface area contributed by atoms with Crippen molar-refractivity contribution in [1.82, 2.24) is 19.9 Å². The van der Waals surface area contributed by atoms with E-state index in [0.717, 1.165) is 42.8 Å². The lowest BCUT2D eigenvalue weighted by atomic mass is 9.93. The van der Waals surface area contributed by atoms with Crippen molar-refractivity contribution >= 4 is 11.7 Å². The van der Waals surface area contributed by atoms with Crippen LogP contribution in [0.4, 0.5) is 10.5 Å². The molecule has 2 saturated heterocycles. The van der Waals surface area contributed by atoms with Gasteiger partial charge in [0, 0.05) is 29.4 Å². The molecule has 1 aromatic heterocycles. The lowest BCUT2D eigenvalue weighted by Gasteiger charge is -2.38. The number of carbonyl (C=O) groups excluding carboxylic acids is 1. The molecule has 2 fully saturated rings. The second kappa shape index (κ2) is 7.69. The molecule has 0 saturated carbocycles. The first-order chi connectivity index (χ1) is 13.8. The number of hydrogen-bond acceptors (Lipinski definition) is 4. The molecule has 1 aromatic carbocycles. The standard InChI is InChI=1S/C22H31N5O2/c1-5-29-19-10-6-15(7-11-19)23-21(28)27-16-8-9-17(27)13-18(12-16)26-14-20(24-25-26)22(2,3)4/h6-7,10-11,14,16-18H,5,8-9,12-13H2,1-4H3,(H,23,28). The van der Waals surface area contributed by atoms with E-state index < -0.39 is 0 Å². The highest BCUT2D eigenvalue weighted by Gasteiger charge is 2.44.